The second kappa shape index (κ2) is 8.14. The largest absolute Gasteiger partial charge is 0.496 e. The summed E-state index contributed by atoms with van der Waals surface area (Å²) in [7, 11) is 3.42. The SMILES string of the molecule is COc1ccccc1C(=O)NC(Cc1ccccc1)c1nn(C)c2ncccc12. The summed E-state index contributed by atoms with van der Waals surface area (Å²) in [6.45, 7) is 0. The molecule has 1 atom stereocenters. The third-order valence-corrected chi connectivity index (χ3v) is 4.90. The zero-order valence-electron chi connectivity index (χ0n) is 16.4. The fourth-order valence-electron chi connectivity index (χ4n) is 3.51. The van der Waals surface area contributed by atoms with Crippen LogP contribution in [0, 0.1) is 0 Å². The van der Waals surface area contributed by atoms with Crippen LogP contribution < -0.4 is 10.1 Å². The monoisotopic (exact) mass is 386 g/mol. The van der Waals surface area contributed by atoms with Gasteiger partial charge in [0.25, 0.3) is 5.91 Å². The molecule has 0 aliphatic carbocycles. The lowest BCUT2D eigenvalue weighted by Gasteiger charge is -2.18. The van der Waals surface area contributed by atoms with E-state index in [1.165, 1.54) is 0 Å². The van der Waals surface area contributed by atoms with E-state index in [-0.39, 0.29) is 11.9 Å². The van der Waals surface area contributed by atoms with Gasteiger partial charge in [-0.05, 0) is 36.2 Å². The van der Waals surface area contributed by atoms with Crippen LogP contribution in [-0.4, -0.2) is 27.8 Å². The van der Waals surface area contributed by atoms with Crippen molar-refractivity contribution in [2.75, 3.05) is 7.11 Å². The Morgan fingerprint density at radius 2 is 1.83 bits per heavy atom. The van der Waals surface area contributed by atoms with Gasteiger partial charge in [-0.3, -0.25) is 9.48 Å². The number of nitrogens with zero attached hydrogens (tertiary/aromatic N) is 3. The lowest BCUT2D eigenvalue weighted by Crippen LogP contribution is -2.30. The van der Waals surface area contributed by atoms with E-state index in [9.17, 15) is 4.79 Å². The van der Waals surface area contributed by atoms with Crippen molar-refractivity contribution in [3.05, 3.63) is 89.7 Å². The highest BCUT2D eigenvalue weighted by Crippen LogP contribution is 2.26. The molecule has 4 aromatic rings. The summed E-state index contributed by atoms with van der Waals surface area (Å²) in [5, 5.41) is 8.77. The molecule has 6 heteroatoms. The Morgan fingerprint density at radius 1 is 1.07 bits per heavy atom. The standard InChI is InChI=1S/C23H22N4O2/c1-27-22-18(12-8-14-24-22)21(26-27)19(15-16-9-4-3-5-10-16)25-23(28)17-11-6-7-13-20(17)29-2/h3-14,19H,15H2,1-2H3,(H,25,28). The van der Waals surface area contributed by atoms with E-state index in [1.54, 1.807) is 30.1 Å². The molecular formula is C23H22N4O2. The van der Waals surface area contributed by atoms with Crippen molar-refractivity contribution in [3.63, 3.8) is 0 Å². The van der Waals surface area contributed by atoms with Gasteiger partial charge in [0, 0.05) is 18.6 Å². The first kappa shape index (κ1) is 18.7. The topological polar surface area (TPSA) is 69.0 Å². The molecule has 0 spiro atoms. The van der Waals surface area contributed by atoms with Crippen molar-refractivity contribution in [2.24, 2.45) is 7.05 Å². The second-order valence-electron chi connectivity index (χ2n) is 6.80. The van der Waals surface area contributed by atoms with Crippen molar-refractivity contribution in [1.82, 2.24) is 20.1 Å². The zero-order chi connectivity index (χ0) is 20.2. The molecule has 2 aromatic carbocycles. The fourth-order valence-corrected chi connectivity index (χ4v) is 3.51. The minimum Gasteiger partial charge on any atom is -0.496 e. The Bertz CT molecular complexity index is 1140. The first-order valence-electron chi connectivity index (χ1n) is 9.43. The maximum Gasteiger partial charge on any atom is 0.255 e. The summed E-state index contributed by atoms with van der Waals surface area (Å²) in [6, 6.07) is 20.8. The summed E-state index contributed by atoms with van der Waals surface area (Å²) in [4.78, 5) is 17.5. The lowest BCUT2D eigenvalue weighted by atomic mass is 10.0. The number of ether oxygens (including phenoxy) is 1. The van der Waals surface area contributed by atoms with Crippen LogP contribution in [0.3, 0.4) is 0 Å². The number of hydrogen-bond donors (Lipinski definition) is 1. The molecule has 0 bridgehead atoms. The van der Waals surface area contributed by atoms with Crippen LogP contribution in [0.4, 0.5) is 0 Å². The van der Waals surface area contributed by atoms with Gasteiger partial charge < -0.3 is 10.1 Å². The third kappa shape index (κ3) is 3.82. The fraction of sp³-hybridized carbons (Fsp3) is 0.174. The summed E-state index contributed by atoms with van der Waals surface area (Å²) in [5.74, 6) is 0.335. The van der Waals surface area contributed by atoms with Gasteiger partial charge in [-0.1, -0.05) is 42.5 Å². The summed E-state index contributed by atoms with van der Waals surface area (Å²) in [6.07, 6.45) is 2.36. The van der Waals surface area contributed by atoms with Gasteiger partial charge in [-0.25, -0.2) is 4.98 Å². The highest BCUT2D eigenvalue weighted by molar-refractivity contribution is 5.97. The van der Waals surface area contributed by atoms with Gasteiger partial charge in [-0.15, -0.1) is 0 Å². The molecule has 0 saturated heterocycles. The van der Waals surface area contributed by atoms with Crippen molar-refractivity contribution >= 4 is 16.9 Å². The van der Waals surface area contributed by atoms with Crippen LogP contribution >= 0.6 is 0 Å². The number of pyridine rings is 1. The van der Waals surface area contributed by atoms with E-state index in [1.807, 2.05) is 61.6 Å². The smallest absolute Gasteiger partial charge is 0.255 e. The molecule has 0 aliphatic heterocycles. The van der Waals surface area contributed by atoms with Gasteiger partial charge in [-0.2, -0.15) is 5.10 Å². The first-order chi connectivity index (χ1) is 14.2. The predicted octanol–water partition coefficient (Wildman–Crippen LogP) is 3.69. The first-order valence-corrected chi connectivity index (χ1v) is 9.43. The quantitative estimate of drug-likeness (QED) is 0.549. The third-order valence-electron chi connectivity index (χ3n) is 4.90. The number of aryl methyl sites for hydroxylation is 1. The number of methoxy groups -OCH3 is 1. The van der Waals surface area contributed by atoms with Crippen molar-refractivity contribution in [2.45, 2.75) is 12.5 Å². The summed E-state index contributed by atoms with van der Waals surface area (Å²) >= 11 is 0. The van der Waals surface area contributed by atoms with E-state index in [0.717, 1.165) is 22.3 Å². The maximum atomic E-state index is 13.1. The number of nitrogens with one attached hydrogen (secondary N) is 1. The molecule has 6 nitrogen and oxygen atoms in total. The van der Waals surface area contributed by atoms with Crippen LogP contribution in [0.1, 0.15) is 27.7 Å². The van der Waals surface area contributed by atoms with Crippen molar-refractivity contribution in [1.29, 1.82) is 0 Å². The number of rotatable bonds is 6. The Kier molecular flexibility index (Phi) is 5.24. The van der Waals surface area contributed by atoms with Gasteiger partial charge in [0.2, 0.25) is 0 Å². The van der Waals surface area contributed by atoms with E-state index in [0.29, 0.717) is 17.7 Å². The van der Waals surface area contributed by atoms with Gasteiger partial charge in [0.15, 0.2) is 5.65 Å². The molecule has 2 aromatic heterocycles. The lowest BCUT2D eigenvalue weighted by molar-refractivity contribution is 0.0932. The molecule has 1 amide bonds. The van der Waals surface area contributed by atoms with Gasteiger partial charge in [0.1, 0.15) is 5.75 Å². The van der Waals surface area contributed by atoms with E-state index in [4.69, 9.17) is 4.74 Å². The van der Waals surface area contributed by atoms with Crippen LogP contribution in [0.15, 0.2) is 72.9 Å². The number of carbonyl (C=O) groups excluding carboxylic acids is 1. The van der Waals surface area contributed by atoms with Crippen molar-refractivity contribution < 1.29 is 9.53 Å². The van der Waals surface area contributed by atoms with E-state index in [2.05, 4.69) is 15.4 Å². The minimum atomic E-state index is -0.317. The number of carbonyl (C=O) groups is 1. The van der Waals surface area contributed by atoms with Crippen LogP contribution in [0.25, 0.3) is 11.0 Å². The zero-order valence-corrected chi connectivity index (χ0v) is 16.4. The van der Waals surface area contributed by atoms with Gasteiger partial charge >= 0.3 is 0 Å². The minimum absolute atomic E-state index is 0.203. The highest BCUT2D eigenvalue weighted by atomic mass is 16.5. The Hall–Kier alpha value is -3.67. The molecule has 0 radical (unpaired) electrons. The molecule has 4 rings (SSSR count). The molecular weight excluding hydrogens is 364 g/mol. The van der Waals surface area contributed by atoms with Gasteiger partial charge in [0.05, 0.1) is 24.4 Å². The second-order valence-corrected chi connectivity index (χ2v) is 6.80. The Labute approximate surface area is 169 Å². The number of para-hydroxylation sites is 1. The Morgan fingerprint density at radius 3 is 2.62 bits per heavy atom. The predicted molar refractivity (Wildman–Crippen MR) is 112 cm³/mol. The molecule has 0 saturated carbocycles. The number of fused-ring (bicyclic) bond motifs is 1. The maximum absolute atomic E-state index is 13.1. The van der Waals surface area contributed by atoms with Crippen molar-refractivity contribution in [3.8, 4) is 5.75 Å². The molecule has 29 heavy (non-hydrogen) atoms. The number of benzene rings is 2. The molecule has 1 unspecified atom stereocenters. The molecule has 2 heterocycles. The molecule has 0 aliphatic rings. The highest BCUT2D eigenvalue weighted by Gasteiger charge is 2.23. The van der Waals surface area contributed by atoms with Crippen LogP contribution in [-0.2, 0) is 13.5 Å². The Balaban J connectivity index is 1.73. The number of amides is 1. The van der Waals surface area contributed by atoms with E-state index < -0.39 is 0 Å². The normalized spacial score (nSPS) is 11.9. The molecule has 0 fully saturated rings. The average molecular weight is 386 g/mol. The average Bonchev–Trinajstić information content (AvgIpc) is 3.10. The summed E-state index contributed by atoms with van der Waals surface area (Å²) in [5.41, 5.74) is 3.18. The van der Waals surface area contributed by atoms with E-state index >= 15 is 0 Å². The summed E-state index contributed by atoms with van der Waals surface area (Å²) < 4.78 is 7.10. The van der Waals surface area contributed by atoms with Crippen LogP contribution in [0.2, 0.25) is 0 Å². The number of aromatic nitrogens is 3. The number of hydrogen-bond acceptors (Lipinski definition) is 4. The molecule has 1 N–H and O–H groups in total. The van der Waals surface area contributed by atoms with Crippen LogP contribution in [0.5, 0.6) is 5.75 Å². The molecule has 146 valence electrons.